The van der Waals surface area contributed by atoms with Gasteiger partial charge >= 0.3 is 0 Å². The predicted octanol–water partition coefficient (Wildman–Crippen LogP) is 6.84. The number of anilines is 2. The molecule has 0 aliphatic heterocycles. The molecule has 1 aromatic rings. The molecule has 4 aliphatic carbocycles. The van der Waals surface area contributed by atoms with Crippen molar-refractivity contribution in [3.63, 3.8) is 0 Å². The van der Waals surface area contributed by atoms with Crippen molar-refractivity contribution in [2.75, 3.05) is 17.3 Å². The monoisotopic (exact) mass is 467 g/mol. The minimum absolute atomic E-state index is 0.140. The molecule has 4 nitrogen and oxygen atoms in total. The van der Waals surface area contributed by atoms with E-state index in [1.54, 1.807) is 5.01 Å². The van der Waals surface area contributed by atoms with Crippen molar-refractivity contribution >= 4 is 17.2 Å². The fourth-order valence-electron chi connectivity index (χ4n) is 9.11. The zero-order chi connectivity index (χ0) is 24.7. The van der Waals surface area contributed by atoms with Crippen molar-refractivity contribution in [2.45, 2.75) is 92.4 Å². The number of carbonyl (C=O) groups is 1. The maximum absolute atomic E-state index is 13.5. The van der Waals surface area contributed by atoms with Gasteiger partial charge in [0.2, 0.25) is 0 Å². The van der Waals surface area contributed by atoms with Crippen LogP contribution in [0.4, 0.5) is 11.4 Å². The normalized spacial score (nSPS) is 40.8. The number of hydrazine groups is 1. The molecule has 0 bridgehead atoms. The number of rotatable bonds is 4. The highest BCUT2D eigenvalue weighted by atomic mass is 16.1. The van der Waals surface area contributed by atoms with E-state index in [0.29, 0.717) is 22.8 Å². The van der Waals surface area contributed by atoms with Gasteiger partial charge in [-0.2, -0.15) is 0 Å². The van der Waals surface area contributed by atoms with Crippen molar-refractivity contribution in [2.24, 2.45) is 52.2 Å². The number of nitrogen functional groups attached to an aromatic ring is 1. The highest BCUT2D eigenvalue weighted by Crippen LogP contribution is 2.67. The minimum atomic E-state index is 0.140. The molecule has 4 heteroatoms. The van der Waals surface area contributed by atoms with Crippen molar-refractivity contribution in [1.82, 2.24) is 0 Å². The lowest BCUT2D eigenvalue weighted by Gasteiger charge is -2.61. The molecule has 4 fully saturated rings. The number of benzene rings is 1. The van der Waals surface area contributed by atoms with Crippen molar-refractivity contribution in [3.05, 3.63) is 24.3 Å². The Labute approximate surface area is 208 Å². The number of nitrogens with zero attached hydrogens (tertiary/aromatic N) is 1. The van der Waals surface area contributed by atoms with E-state index < -0.39 is 0 Å². The van der Waals surface area contributed by atoms with Crippen molar-refractivity contribution in [3.8, 4) is 0 Å². The first-order chi connectivity index (χ1) is 16.2. The van der Waals surface area contributed by atoms with Crippen LogP contribution in [0.1, 0.15) is 92.4 Å². The molecule has 0 radical (unpaired) electrons. The lowest BCUT2D eigenvalue weighted by molar-refractivity contribution is -0.135. The maximum Gasteiger partial charge on any atom is 0.157 e. The zero-order valence-electron chi connectivity index (χ0n) is 22.4. The van der Waals surface area contributed by atoms with E-state index in [2.05, 4.69) is 20.8 Å². The third-order valence-electron chi connectivity index (χ3n) is 10.9. The van der Waals surface area contributed by atoms with Gasteiger partial charge in [0.1, 0.15) is 0 Å². The Bertz CT molecular complexity index is 870. The average molecular weight is 468 g/mol. The zero-order valence-corrected chi connectivity index (χ0v) is 22.4. The number of para-hydroxylation sites is 2. The molecule has 1 aromatic carbocycles. The summed E-state index contributed by atoms with van der Waals surface area (Å²) >= 11 is 0. The van der Waals surface area contributed by atoms with Crippen molar-refractivity contribution < 1.29 is 4.79 Å². The van der Waals surface area contributed by atoms with Gasteiger partial charge in [0.25, 0.3) is 0 Å². The van der Waals surface area contributed by atoms with Crippen LogP contribution in [-0.2, 0) is 4.79 Å². The standard InChI is InChI=1S/C28H43N3O.C2H6/c1-18-12-14-27(2)19(16-18)8-9-20-21-10-11-23(28(21,3)15-13-22(20)27)26(32)17-31(30)25-7-5-4-6-24(25)29;1-2/h4-7,18-23H,8-17,29-30H2,1-3H3;1-2H3. The molecule has 5 rings (SSSR count). The van der Waals surface area contributed by atoms with Gasteiger partial charge < -0.3 is 10.7 Å². The fourth-order valence-corrected chi connectivity index (χ4v) is 9.11. The molecule has 0 saturated heterocycles. The Morgan fingerprint density at radius 2 is 1.65 bits per heavy atom. The maximum atomic E-state index is 13.5. The summed E-state index contributed by atoms with van der Waals surface area (Å²) in [6.07, 6.45) is 11.9. The minimum Gasteiger partial charge on any atom is -0.397 e. The van der Waals surface area contributed by atoms with Crippen LogP contribution in [0, 0.1) is 46.3 Å². The molecule has 0 heterocycles. The summed E-state index contributed by atoms with van der Waals surface area (Å²) in [5, 5.41) is 1.56. The molecule has 0 aromatic heterocycles. The second-order valence-electron chi connectivity index (χ2n) is 12.4. The lowest BCUT2D eigenvalue weighted by atomic mass is 9.44. The van der Waals surface area contributed by atoms with Crippen LogP contribution in [0.25, 0.3) is 0 Å². The van der Waals surface area contributed by atoms with E-state index in [1.807, 2.05) is 38.1 Å². The summed E-state index contributed by atoms with van der Waals surface area (Å²) in [5.41, 5.74) is 8.16. The van der Waals surface area contributed by atoms with Crippen LogP contribution in [0.3, 0.4) is 0 Å². The van der Waals surface area contributed by atoms with E-state index in [-0.39, 0.29) is 17.9 Å². The molecule has 8 unspecified atom stereocenters. The van der Waals surface area contributed by atoms with E-state index in [0.717, 1.165) is 35.8 Å². The van der Waals surface area contributed by atoms with Crippen LogP contribution in [-0.4, -0.2) is 12.3 Å². The molecule has 4 N–H and O–H groups in total. The fraction of sp³-hybridized carbons (Fsp3) is 0.767. The van der Waals surface area contributed by atoms with Gasteiger partial charge in [-0.25, -0.2) is 5.84 Å². The van der Waals surface area contributed by atoms with Gasteiger partial charge in [-0.1, -0.05) is 53.2 Å². The van der Waals surface area contributed by atoms with Crippen LogP contribution in [0.15, 0.2) is 24.3 Å². The Morgan fingerprint density at radius 1 is 0.971 bits per heavy atom. The largest absolute Gasteiger partial charge is 0.397 e. The number of fused-ring (bicyclic) bond motifs is 5. The highest BCUT2D eigenvalue weighted by molar-refractivity contribution is 5.87. The predicted molar refractivity (Wildman–Crippen MR) is 143 cm³/mol. The molecule has 0 amide bonds. The van der Waals surface area contributed by atoms with Crippen molar-refractivity contribution in [1.29, 1.82) is 0 Å². The SMILES string of the molecule is CC.CC1CCC2(C)C(CCC3C2CCC2(C)C(C(=O)CN(N)c4ccccc4N)CCC32)C1. The number of Topliss-reactive ketones (excluding diaryl/α,β-unsaturated/α-hetero) is 1. The quantitative estimate of drug-likeness (QED) is 0.289. The Balaban J connectivity index is 0.00000133. The summed E-state index contributed by atoms with van der Waals surface area (Å²) in [6.45, 7) is 11.8. The van der Waals surface area contributed by atoms with E-state index in [1.165, 1.54) is 51.4 Å². The molecular formula is C30H49N3O. The number of ketones is 1. The van der Waals surface area contributed by atoms with Gasteiger partial charge in [-0.15, -0.1) is 0 Å². The summed E-state index contributed by atoms with van der Waals surface area (Å²) in [7, 11) is 0. The van der Waals surface area contributed by atoms with Gasteiger partial charge in [-0.3, -0.25) is 4.79 Å². The first-order valence-electron chi connectivity index (χ1n) is 14.1. The van der Waals surface area contributed by atoms with Gasteiger partial charge in [-0.05, 0) is 104 Å². The molecule has 34 heavy (non-hydrogen) atoms. The second kappa shape index (κ2) is 9.84. The van der Waals surface area contributed by atoms with Crippen LogP contribution in [0.2, 0.25) is 0 Å². The highest BCUT2D eigenvalue weighted by Gasteiger charge is 2.60. The smallest absolute Gasteiger partial charge is 0.157 e. The van der Waals surface area contributed by atoms with Crippen LogP contribution < -0.4 is 16.6 Å². The number of hydrogen-bond acceptors (Lipinski definition) is 4. The summed E-state index contributed by atoms with van der Waals surface area (Å²) in [4.78, 5) is 13.5. The topological polar surface area (TPSA) is 72.3 Å². The van der Waals surface area contributed by atoms with Gasteiger partial charge in [0.05, 0.1) is 17.9 Å². The first-order valence-corrected chi connectivity index (χ1v) is 14.1. The summed E-state index contributed by atoms with van der Waals surface area (Å²) < 4.78 is 0. The van der Waals surface area contributed by atoms with Crippen LogP contribution in [0.5, 0.6) is 0 Å². The van der Waals surface area contributed by atoms with E-state index in [9.17, 15) is 4.79 Å². The molecule has 0 spiro atoms. The molecular weight excluding hydrogens is 418 g/mol. The third-order valence-corrected chi connectivity index (χ3v) is 10.9. The third kappa shape index (κ3) is 4.18. The number of nitrogens with two attached hydrogens (primary N) is 2. The number of carbonyl (C=O) groups excluding carboxylic acids is 1. The molecule has 8 atom stereocenters. The molecule has 4 aliphatic rings. The molecule has 4 saturated carbocycles. The number of hydrogen-bond donors (Lipinski definition) is 2. The summed E-state index contributed by atoms with van der Waals surface area (Å²) in [6, 6.07) is 7.57. The van der Waals surface area contributed by atoms with E-state index >= 15 is 0 Å². The second-order valence-corrected chi connectivity index (χ2v) is 12.4. The Morgan fingerprint density at radius 3 is 2.38 bits per heavy atom. The van der Waals surface area contributed by atoms with Crippen LogP contribution >= 0.6 is 0 Å². The Hall–Kier alpha value is -1.55. The van der Waals surface area contributed by atoms with Gasteiger partial charge in [0, 0.05) is 5.92 Å². The van der Waals surface area contributed by atoms with Gasteiger partial charge in [0.15, 0.2) is 5.78 Å². The molecule has 190 valence electrons. The average Bonchev–Trinajstić information content (AvgIpc) is 3.18. The van der Waals surface area contributed by atoms with E-state index in [4.69, 9.17) is 11.6 Å². The Kier molecular flexibility index (Phi) is 7.39. The summed E-state index contributed by atoms with van der Waals surface area (Å²) in [5.74, 6) is 11.0. The first kappa shape index (κ1) is 25.5. The lowest BCUT2D eigenvalue weighted by Crippen LogP contribution is -2.54.